The molecule has 0 heterocycles. The van der Waals surface area contributed by atoms with Gasteiger partial charge in [0.05, 0.1) is 0 Å². The summed E-state index contributed by atoms with van der Waals surface area (Å²) >= 11 is 10.7. The highest BCUT2D eigenvalue weighted by molar-refractivity contribution is 6.65. The molecule has 21 heavy (non-hydrogen) atoms. The Bertz CT molecular complexity index is 505. The van der Waals surface area contributed by atoms with E-state index in [2.05, 4.69) is 0 Å². The van der Waals surface area contributed by atoms with Gasteiger partial charge in [0, 0.05) is 19.8 Å². The Kier molecular flexibility index (Phi) is 7.45. The molecule has 0 spiro atoms. The number of hydrogen-bond acceptors (Lipinski definition) is 6. The van der Waals surface area contributed by atoms with E-state index in [0.717, 1.165) is 0 Å². The highest BCUT2D eigenvalue weighted by Gasteiger charge is 2.14. The number of carbonyl (C=O) groups is 1. The van der Waals surface area contributed by atoms with Crippen LogP contribution < -0.4 is 9.47 Å². The summed E-state index contributed by atoms with van der Waals surface area (Å²) < 4.78 is 20.9. The lowest BCUT2D eigenvalue weighted by Crippen LogP contribution is -2.10. The molecule has 0 bridgehead atoms. The van der Waals surface area contributed by atoms with E-state index in [9.17, 15) is 4.79 Å². The van der Waals surface area contributed by atoms with E-state index in [0.29, 0.717) is 17.1 Å². The number of halogens is 2. The molecular formula is C13H15Cl2NO5. The van der Waals surface area contributed by atoms with Crippen molar-refractivity contribution in [3.63, 3.8) is 0 Å². The lowest BCUT2D eigenvalue weighted by atomic mass is 10.2. The molecule has 0 amide bonds. The van der Waals surface area contributed by atoms with Gasteiger partial charge in [-0.1, -0.05) is 17.7 Å². The van der Waals surface area contributed by atoms with E-state index in [1.807, 2.05) is 0 Å². The Morgan fingerprint density at radius 2 is 1.76 bits per heavy atom. The summed E-state index contributed by atoms with van der Waals surface area (Å²) in [7, 11) is 3.00. The SMILES string of the molecule is COC(OC)c1ccc(OCC(=O)Cl)c(OCC(=N)Cl)c1. The highest BCUT2D eigenvalue weighted by Crippen LogP contribution is 2.32. The zero-order valence-corrected chi connectivity index (χ0v) is 13.0. The minimum absolute atomic E-state index is 0.124. The van der Waals surface area contributed by atoms with Crippen molar-refractivity contribution < 1.29 is 23.7 Å². The molecule has 116 valence electrons. The second kappa shape index (κ2) is 8.84. The summed E-state index contributed by atoms with van der Waals surface area (Å²) in [6, 6.07) is 4.91. The number of carbonyl (C=O) groups excluding carboxylic acids is 1. The van der Waals surface area contributed by atoms with Crippen molar-refractivity contribution in [2.24, 2.45) is 0 Å². The van der Waals surface area contributed by atoms with Gasteiger partial charge in [0.25, 0.3) is 5.24 Å². The van der Waals surface area contributed by atoms with Crippen LogP contribution in [-0.2, 0) is 14.3 Å². The van der Waals surface area contributed by atoms with Crippen LogP contribution in [0.1, 0.15) is 11.9 Å². The molecule has 1 N–H and O–H groups in total. The van der Waals surface area contributed by atoms with Crippen LogP contribution in [0.25, 0.3) is 0 Å². The lowest BCUT2D eigenvalue weighted by molar-refractivity contribution is -0.113. The van der Waals surface area contributed by atoms with Crippen molar-refractivity contribution in [1.82, 2.24) is 0 Å². The minimum atomic E-state index is -0.637. The third-order valence-electron chi connectivity index (χ3n) is 2.36. The molecule has 8 heteroatoms. The van der Waals surface area contributed by atoms with E-state index < -0.39 is 11.5 Å². The first-order valence-electron chi connectivity index (χ1n) is 5.84. The van der Waals surface area contributed by atoms with Crippen molar-refractivity contribution in [3.05, 3.63) is 23.8 Å². The zero-order chi connectivity index (χ0) is 15.8. The molecular weight excluding hydrogens is 321 g/mol. The molecule has 0 aromatic heterocycles. The number of benzene rings is 1. The van der Waals surface area contributed by atoms with Crippen LogP contribution in [0, 0.1) is 5.41 Å². The predicted molar refractivity (Wildman–Crippen MR) is 78.6 cm³/mol. The molecule has 1 rings (SSSR count). The van der Waals surface area contributed by atoms with Gasteiger partial charge in [0.1, 0.15) is 11.8 Å². The van der Waals surface area contributed by atoms with Crippen LogP contribution in [0.3, 0.4) is 0 Å². The fraction of sp³-hybridized carbons (Fsp3) is 0.385. The van der Waals surface area contributed by atoms with Gasteiger partial charge in [-0.3, -0.25) is 10.2 Å². The van der Waals surface area contributed by atoms with Crippen molar-refractivity contribution in [3.8, 4) is 11.5 Å². The van der Waals surface area contributed by atoms with E-state index >= 15 is 0 Å². The largest absolute Gasteiger partial charge is 0.482 e. The summed E-state index contributed by atoms with van der Waals surface area (Å²) in [6.45, 7) is -0.422. The van der Waals surface area contributed by atoms with Gasteiger partial charge < -0.3 is 18.9 Å². The number of ether oxygens (including phenoxy) is 4. The molecule has 6 nitrogen and oxygen atoms in total. The molecule has 1 aromatic carbocycles. The highest BCUT2D eigenvalue weighted by atomic mass is 35.5. The van der Waals surface area contributed by atoms with Crippen molar-refractivity contribution in [2.45, 2.75) is 6.29 Å². The number of nitrogens with one attached hydrogen (secondary N) is 1. The Morgan fingerprint density at radius 3 is 2.29 bits per heavy atom. The second-order valence-electron chi connectivity index (χ2n) is 3.85. The first-order valence-corrected chi connectivity index (χ1v) is 6.60. The van der Waals surface area contributed by atoms with Crippen LogP contribution in [0.15, 0.2) is 18.2 Å². The molecule has 1 aromatic rings. The molecule has 0 radical (unpaired) electrons. The van der Waals surface area contributed by atoms with Crippen LogP contribution >= 0.6 is 23.2 Å². The summed E-state index contributed by atoms with van der Waals surface area (Å²) in [4.78, 5) is 10.8. The Balaban J connectivity index is 3.00. The fourth-order valence-corrected chi connectivity index (χ4v) is 1.66. The maximum absolute atomic E-state index is 10.8. The quantitative estimate of drug-likeness (QED) is 0.426. The Hall–Kier alpha value is -1.34. The summed E-state index contributed by atoms with van der Waals surface area (Å²) in [6.07, 6.45) is -0.577. The standard InChI is InChI=1S/C13H15Cl2NO5/c1-18-13(19-2)8-3-4-9(21-7-12(15)17)10(5-8)20-6-11(14)16/h3-5,13,16H,6-7H2,1-2H3. The van der Waals surface area contributed by atoms with Gasteiger partial charge in [-0.2, -0.15) is 0 Å². The van der Waals surface area contributed by atoms with Gasteiger partial charge in [-0.25, -0.2) is 0 Å². The maximum Gasteiger partial charge on any atom is 0.259 e. The lowest BCUT2D eigenvalue weighted by Gasteiger charge is -2.17. The first kappa shape index (κ1) is 17.7. The zero-order valence-electron chi connectivity index (χ0n) is 11.5. The maximum atomic E-state index is 10.8. The molecule has 0 atom stereocenters. The van der Waals surface area contributed by atoms with E-state index in [1.165, 1.54) is 14.2 Å². The monoisotopic (exact) mass is 335 g/mol. The van der Waals surface area contributed by atoms with Crippen molar-refractivity contribution >= 4 is 33.6 Å². The van der Waals surface area contributed by atoms with Gasteiger partial charge in [-0.15, -0.1) is 0 Å². The van der Waals surface area contributed by atoms with Crippen LogP contribution in [0.4, 0.5) is 0 Å². The third-order valence-corrected chi connectivity index (χ3v) is 2.58. The van der Waals surface area contributed by atoms with E-state index in [-0.39, 0.29) is 18.4 Å². The predicted octanol–water partition coefficient (Wildman–Crippen LogP) is 2.72. The van der Waals surface area contributed by atoms with Gasteiger partial charge >= 0.3 is 0 Å². The topological polar surface area (TPSA) is 77.8 Å². The molecule has 0 unspecified atom stereocenters. The van der Waals surface area contributed by atoms with E-state index in [4.69, 9.17) is 47.6 Å². The molecule has 0 saturated heterocycles. The molecule has 0 fully saturated rings. The average Bonchev–Trinajstić information content (AvgIpc) is 2.45. The number of methoxy groups -OCH3 is 2. The Morgan fingerprint density at radius 1 is 1.14 bits per heavy atom. The van der Waals surface area contributed by atoms with Crippen molar-refractivity contribution in [1.29, 1.82) is 5.41 Å². The third kappa shape index (κ3) is 5.89. The smallest absolute Gasteiger partial charge is 0.259 e. The van der Waals surface area contributed by atoms with Crippen molar-refractivity contribution in [2.75, 3.05) is 27.4 Å². The number of hydrogen-bond donors (Lipinski definition) is 1. The van der Waals surface area contributed by atoms with Crippen LogP contribution in [0.5, 0.6) is 11.5 Å². The van der Waals surface area contributed by atoms with Gasteiger partial charge in [0.2, 0.25) is 0 Å². The van der Waals surface area contributed by atoms with Gasteiger partial charge in [-0.05, 0) is 23.7 Å². The Labute approximate surface area is 132 Å². The van der Waals surface area contributed by atoms with E-state index in [1.54, 1.807) is 18.2 Å². The van der Waals surface area contributed by atoms with Crippen LogP contribution in [-0.4, -0.2) is 37.8 Å². The average molecular weight is 336 g/mol. The summed E-state index contributed by atoms with van der Waals surface area (Å²) in [5.74, 6) is 0.603. The second-order valence-corrected chi connectivity index (χ2v) is 4.72. The molecule has 0 aliphatic rings. The first-order chi connectivity index (χ1) is 9.97. The molecule has 0 aliphatic carbocycles. The molecule has 0 saturated carbocycles. The summed E-state index contributed by atoms with van der Waals surface area (Å²) in [5.41, 5.74) is 0.681. The number of rotatable bonds is 9. The van der Waals surface area contributed by atoms with Gasteiger partial charge in [0.15, 0.2) is 24.4 Å². The normalized spacial score (nSPS) is 10.5. The summed E-state index contributed by atoms with van der Waals surface area (Å²) in [5, 5.41) is 6.36. The van der Waals surface area contributed by atoms with Crippen LogP contribution in [0.2, 0.25) is 0 Å². The molecule has 0 aliphatic heterocycles. The minimum Gasteiger partial charge on any atom is -0.482 e. The fourth-order valence-electron chi connectivity index (χ4n) is 1.55.